The maximum absolute atomic E-state index is 9.18. The van der Waals surface area contributed by atoms with E-state index in [-0.39, 0.29) is 6.61 Å². The summed E-state index contributed by atoms with van der Waals surface area (Å²) in [5, 5.41) is 15.9. The number of aliphatic hydroxyl groups is 1. The van der Waals surface area contributed by atoms with Crippen LogP contribution >= 0.6 is 0 Å². The van der Waals surface area contributed by atoms with Crippen LogP contribution in [-0.4, -0.2) is 37.4 Å². The standard InChI is InChI=1S/C20H35N3O2/c1-4-7-17(12-13-24)14-22-20(21-5-2)23-15-18-8-10-19(11-9-18)16-25-6-3/h8-11,17,24H,4-7,12-16H2,1-3H3,(H2,21,22,23). The third-order valence-corrected chi connectivity index (χ3v) is 4.05. The monoisotopic (exact) mass is 349 g/mol. The average Bonchev–Trinajstić information content (AvgIpc) is 2.63. The van der Waals surface area contributed by atoms with Gasteiger partial charge in [0.15, 0.2) is 5.96 Å². The third-order valence-electron chi connectivity index (χ3n) is 4.05. The number of nitrogens with one attached hydrogen (secondary N) is 2. The fourth-order valence-electron chi connectivity index (χ4n) is 2.65. The highest BCUT2D eigenvalue weighted by atomic mass is 16.5. The van der Waals surface area contributed by atoms with Crippen molar-refractivity contribution in [3.05, 3.63) is 35.4 Å². The Bertz CT molecular complexity index is 468. The van der Waals surface area contributed by atoms with Crippen LogP contribution in [0.1, 0.15) is 51.2 Å². The van der Waals surface area contributed by atoms with Gasteiger partial charge in [0.2, 0.25) is 0 Å². The first-order chi connectivity index (χ1) is 12.2. The van der Waals surface area contributed by atoms with Gasteiger partial charge in [0.05, 0.1) is 13.2 Å². The predicted octanol–water partition coefficient (Wildman–Crippen LogP) is 3.08. The molecule has 1 aromatic rings. The first-order valence-electron chi connectivity index (χ1n) is 9.52. The van der Waals surface area contributed by atoms with Crippen molar-refractivity contribution in [1.82, 2.24) is 10.6 Å². The van der Waals surface area contributed by atoms with Gasteiger partial charge in [-0.1, -0.05) is 37.6 Å². The zero-order valence-corrected chi connectivity index (χ0v) is 16.1. The number of hydrogen-bond donors (Lipinski definition) is 3. The second-order valence-electron chi connectivity index (χ2n) is 6.20. The molecule has 0 heterocycles. The molecule has 0 spiro atoms. The minimum absolute atomic E-state index is 0.244. The molecule has 0 bridgehead atoms. The molecule has 1 atom stereocenters. The van der Waals surface area contributed by atoms with Crippen LogP contribution in [0.5, 0.6) is 0 Å². The summed E-state index contributed by atoms with van der Waals surface area (Å²) in [6.45, 7) is 10.2. The molecule has 3 N–H and O–H groups in total. The van der Waals surface area contributed by atoms with E-state index in [2.05, 4.69) is 53.7 Å². The largest absolute Gasteiger partial charge is 0.396 e. The average molecular weight is 350 g/mol. The maximum Gasteiger partial charge on any atom is 0.191 e. The van der Waals surface area contributed by atoms with Gasteiger partial charge in [0, 0.05) is 26.3 Å². The fraction of sp³-hybridized carbons (Fsp3) is 0.650. The van der Waals surface area contributed by atoms with Crippen LogP contribution < -0.4 is 10.6 Å². The molecule has 0 radical (unpaired) electrons. The van der Waals surface area contributed by atoms with Gasteiger partial charge >= 0.3 is 0 Å². The number of hydrogen-bond acceptors (Lipinski definition) is 3. The number of nitrogens with zero attached hydrogens (tertiary/aromatic N) is 1. The van der Waals surface area contributed by atoms with Gasteiger partial charge in [0.25, 0.3) is 0 Å². The Morgan fingerprint density at radius 3 is 2.40 bits per heavy atom. The highest BCUT2D eigenvalue weighted by Crippen LogP contribution is 2.10. The van der Waals surface area contributed by atoms with Crippen LogP contribution in [0.25, 0.3) is 0 Å². The summed E-state index contributed by atoms with van der Waals surface area (Å²) < 4.78 is 5.42. The van der Waals surface area contributed by atoms with Gasteiger partial charge in [-0.25, -0.2) is 4.99 Å². The van der Waals surface area contributed by atoms with Gasteiger partial charge in [-0.2, -0.15) is 0 Å². The Hall–Kier alpha value is -1.59. The minimum atomic E-state index is 0.244. The third kappa shape index (κ3) is 9.46. The Morgan fingerprint density at radius 1 is 1.08 bits per heavy atom. The van der Waals surface area contributed by atoms with Crippen LogP contribution in [0.3, 0.4) is 0 Å². The lowest BCUT2D eigenvalue weighted by Crippen LogP contribution is -2.40. The number of aliphatic hydroxyl groups excluding tert-OH is 1. The molecule has 1 rings (SSSR count). The lowest BCUT2D eigenvalue weighted by Gasteiger charge is -2.18. The number of aliphatic imine (C=N–C) groups is 1. The zero-order chi connectivity index (χ0) is 18.3. The van der Waals surface area contributed by atoms with Crippen LogP contribution in [-0.2, 0) is 17.9 Å². The second kappa shape index (κ2) is 13.7. The smallest absolute Gasteiger partial charge is 0.191 e. The molecule has 0 fully saturated rings. The highest BCUT2D eigenvalue weighted by molar-refractivity contribution is 5.79. The quantitative estimate of drug-likeness (QED) is 0.401. The van der Waals surface area contributed by atoms with Crippen molar-refractivity contribution in [1.29, 1.82) is 0 Å². The first-order valence-corrected chi connectivity index (χ1v) is 9.52. The van der Waals surface area contributed by atoms with E-state index in [1.807, 2.05) is 6.92 Å². The summed E-state index contributed by atoms with van der Waals surface area (Å²) in [6, 6.07) is 8.40. The van der Waals surface area contributed by atoms with Crippen molar-refractivity contribution >= 4 is 5.96 Å². The minimum Gasteiger partial charge on any atom is -0.396 e. The van der Waals surface area contributed by atoms with Crippen LogP contribution in [0.15, 0.2) is 29.3 Å². The Kier molecular flexibility index (Phi) is 11.7. The first kappa shape index (κ1) is 21.5. The van der Waals surface area contributed by atoms with Crippen LogP contribution in [0.4, 0.5) is 0 Å². The molecule has 5 nitrogen and oxygen atoms in total. The van der Waals surface area contributed by atoms with Crippen molar-refractivity contribution in [3.63, 3.8) is 0 Å². The predicted molar refractivity (Wildman–Crippen MR) is 105 cm³/mol. The number of rotatable bonds is 12. The fourth-order valence-corrected chi connectivity index (χ4v) is 2.65. The van der Waals surface area contributed by atoms with Gasteiger partial charge in [-0.3, -0.25) is 0 Å². The number of ether oxygens (including phenoxy) is 1. The Balaban J connectivity index is 2.56. The molecule has 0 aromatic heterocycles. The molecule has 0 saturated heterocycles. The van der Waals surface area contributed by atoms with Crippen molar-refractivity contribution in [2.45, 2.75) is 53.2 Å². The molecule has 0 aliphatic carbocycles. The van der Waals surface area contributed by atoms with Gasteiger partial charge in [0.1, 0.15) is 0 Å². The van der Waals surface area contributed by atoms with Gasteiger partial charge < -0.3 is 20.5 Å². The molecule has 0 aliphatic heterocycles. The topological polar surface area (TPSA) is 65.9 Å². The molecule has 0 saturated carbocycles. The van der Waals surface area contributed by atoms with E-state index in [1.54, 1.807) is 0 Å². The number of benzene rings is 1. The molecule has 1 aromatic carbocycles. The molecule has 0 aliphatic rings. The SMILES string of the molecule is CCCC(CCO)CNC(=NCc1ccc(COCC)cc1)NCC. The summed E-state index contributed by atoms with van der Waals surface area (Å²) in [5.41, 5.74) is 2.36. The van der Waals surface area contributed by atoms with E-state index in [4.69, 9.17) is 4.74 Å². The van der Waals surface area contributed by atoms with Crippen LogP contribution in [0.2, 0.25) is 0 Å². The van der Waals surface area contributed by atoms with E-state index in [0.29, 0.717) is 19.1 Å². The van der Waals surface area contributed by atoms with Crippen molar-refractivity contribution in [2.24, 2.45) is 10.9 Å². The molecule has 25 heavy (non-hydrogen) atoms. The van der Waals surface area contributed by atoms with Gasteiger partial charge in [-0.05, 0) is 43.7 Å². The van der Waals surface area contributed by atoms with E-state index >= 15 is 0 Å². The summed E-state index contributed by atoms with van der Waals surface area (Å²) in [4.78, 5) is 4.67. The molecule has 0 amide bonds. The van der Waals surface area contributed by atoms with E-state index in [9.17, 15) is 5.11 Å². The van der Waals surface area contributed by atoms with Crippen molar-refractivity contribution in [3.8, 4) is 0 Å². The van der Waals surface area contributed by atoms with Crippen LogP contribution in [0, 0.1) is 5.92 Å². The lowest BCUT2D eigenvalue weighted by atomic mass is 10.0. The number of guanidine groups is 1. The lowest BCUT2D eigenvalue weighted by molar-refractivity contribution is 0.134. The highest BCUT2D eigenvalue weighted by Gasteiger charge is 2.08. The van der Waals surface area contributed by atoms with Gasteiger partial charge in [-0.15, -0.1) is 0 Å². The summed E-state index contributed by atoms with van der Waals surface area (Å²) >= 11 is 0. The normalized spacial score (nSPS) is 12.9. The van der Waals surface area contributed by atoms with Crippen molar-refractivity contribution in [2.75, 3.05) is 26.3 Å². The maximum atomic E-state index is 9.18. The summed E-state index contributed by atoms with van der Waals surface area (Å²) in [6.07, 6.45) is 3.09. The molecular weight excluding hydrogens is 314 g/mol. The van der Waals surface area contributed by atoms with E-state index in [0.717, 1.165) is 44.9 Å². The molecule has 5 heteroatoms. The van der Waals surface area contributed by atoms with Crippen molar-refractivity contribution < 1.29 is 9.84 Å². The molecule has 1 unspecified atom stereocenters. The summed E-state index contributed by atoms with van der Waals surface area (Å²) in [7, 11) is 0. The van der Waals surface area contributed by atoms with E-state index < -0.39 is 0 Å². The zero-order valence-electron chi connectivity index (χ0n) is 16.1. The Labute approximate surface area is 152 Å². The van der Waals surface area contributed by atoms with E-state index in [1.165, 1.54) is 11.1 Å². The molecular formula is C20H35N3O2. The second-order valence-corrected chi connectivity index (χ2v) is 6.20. The molecule has 142 valence electrons. The summed E-state index contributed by atoms with van der Waals surface area (Å²) in [5.74, 6) is 1.32. The Morgan fingerprint density at radius 2 is 1.80 bits per heavy atom.